The number of nitrogens with zero attached hydrogens (tertiary/aromatic N) is 1. The molecule has 2 aromatic heterocycles. The van der Waals surface area contributed by atoms with E-state index in [0.717, 1.165) is 11.3 Å². The number of hydrogen-bond donors (Lipinski definition) is 2. The molecule has 0 saturated heterocycles. The fourth-order valence-corrected chi connectivity index (χ4v) is 4.70. The van der Waals surface area contributed by atoms with E-state index in [0.29, 0.717) is 46.0 Å². The maximum atomic E-state index is 14.2. The second kappa shape index (κ2) is 7.41. The monoisotopic (exact) mass is 452 g/mol. The number of aliphatic hydroxyl groups is 1. The molecule has 166 valence electrons. The van der Waals surface area contributed by atoms with E-state index in [9.17, 15) is 18.3 Å². The quantitative estimate of drug-likeness (QED) is 0.525. The lowest BCUT2D eigenvalue weighted by Gasteiger charge is -2.38. The van der Waals surface area contributed by atoms with E-state index in [2.05, 4.69) is 9.97 Å². The number of hydrogen-bond acceptors (Lipinski definition) is 3. The molecule has 3 aromatic rings. The Labute approximate surface area is 183 Å². The minimum absolute atomic E-state index is 0.297. The summed E-state index contributed by atoms with van der Waals surface area (Å²) in [6, 6.07) is 6.79. The van der Waals surface area contributed by atoms with Crippen molar-refractivity contribution in [1.29, 1.82) is 0 Å². The Kier molecular flexibility index (Phi) is 5.25. The van der Waals surface area contributed by atoms with Crippen molar-refractivity contribution in [1.82, 2.24) is 9.97 Å². The van der Waals surface area contributed by atoms with Crippen LogP contribution in [0.1, 0.15) is 42.8 Å². The second-order valence-electron chi connectivity index (χ2n) is 9.01. The van der Waals surface area contributed by atoms with Gasteiger partial charge < -0.3 is 14.8 Å². The number of pyridine rings is 1. The number of fused-ring (bicyclic) bond motifs is 2. The third kappa shape index (κ3) is 4.13. The molecule has 1 aliphatic rings. The Morgan fingerprint density at radius 3 is 2.65 bits per heavy atom. The van der Waals surface area contributed by atoms with Crippen molar-refractivity contribution in [3.8, 4) is 5.75 Å². The van der Waals surface area contributed by atoms with Crippen LogP contribution in [0.4, 0.5) is 13.2 Å². The van der Waals surface area contributed by atoms with E-state index in [1.807, 2.05) is 0 Å². The molecule has 0 fully saturated rings. The molecule has 4 nitrogen and oxygen atoms in total. The lowest BCUT2D eigenvalue weighted by Crippen LogP contribution is -2.51. The van der Waals surface area contributed by atoms with Gasteiger partial charge in [-0.25, -0.2) is 0 Å². The lowest BCUT2D eigenvalue weighted by molar-refractivity contribution is -0.266. The molecule has 8 heteroatoms. The molecule has 3 heterocycles. The number of rotatable bonds is 5. The molecule has 0 aliphatic carbocycles. The molecule has 0 radical (unpaired) electrons. The van der Waals surface area contributed by atoms with Crippen LogP contribution in [0.2, 0.25) is 5.02 Å². The molecule has 2 N–H and O–H groups in total. The van der Waals surface area contributed by atoms with Crippen LogP contribution in [-0.4, -0.2) is 33.5 Å². The normalized spacial score (nSPS) is 16.3. The third-order valence-corrected chi connectivity index (χ3v) is 6.14. The number of aromatic nitrogens is 2. The molecule has 0 amide bonds. The van der Waals surface area contributed by atoms with Crippen LogP contribution in [0.5, 0.6) is 5.75 Å². The molecule has 1 atom stereocenters. The highest BCUT2D eigenvalue weighted by Gasteiger charge is 2.56. The first-order valence-corrected chi connectivity index (χ1v) is 10.4. The minimum Gasteiger partial charge on any atom is -0.493 e. The van der Waals surface area contributed by atoms with Gasteiger partial charge in [-0.15, -0.1) is 0 Å². The van der Waals surface area contributed by atoms with Crippen molar-refractivity contribution < 1.29 is 23.0 Å². The molecule has 4 rings (SSSR count). The average molecular weight is 453 g/mol. The van der Waals surface area contributed by atoms with E-state index in [1.165, 1.54) is 0 Å². The lowest BCUT2D eigenvalue weighted by atomic mass is 9.73. The molecule has 0 saturated carbocycles. The SMILES string of the molecule is Cc1cc2[nH]c(CC(O)(CC(C)(C)c3cc(Cl)cc4c3OCC4)C(F)(F)F)cc2cn1. The van der Waals surface area contributed by atoms with Crippen LogP contribution in [0.3, 0.4) is 0 Å². The van der Waals surface area contributed by atoms with E-state index in [-0.39, 0.29) is 0 Å². The van der Waals surface area contributed by atoms with Gasteiger partial charge in [0.15, 0.2) is 5.60 Å². The summed E-state index contributed by atoms with van der Waals surface area (Å²) in [7, 11) is 0. The molecule has 31 heavy (non-hydrogen) atoms. The highest BCUT2D eigenvalue weighted by molar-refractivity contribution is 6.30. The van der Waals surface area contributed by atoms with Crippen molar-refractivity contribution >= 4 is 22.5 Å². The van der Waals surface area contributed by atoms with Gasteiger partial charge in [-0.2, -0.15) is 13.2 Å². The predicted molar refractivity (Wildman–Crippen MR) is 114 cm³/mol. The van der Waals surface area contributed by atoms with Crippen molar-refractivity contribution in [3.05, 3.63) is 58.0 Å². The summed E-state index contributed by atoms with van der Waals surface area (Å²) in [5.74, 6) is 0.575. The Morgan fingerprint density at radius 1 is 1.19 bits per heavy atom. The molecule has 0 spiro atoms. The van der Waals surface area contributed by atoms with Gasteiger partial charge >= 0.3 is 6.18 Å². The van der Waals surface area contributed by atoms with Crippen LogP contribution in [0.25, 0.3) is 10.9 Å². The van der Waals surface area contributed by atoms with Crippen molar-refractivity contribution in [2.75, 3.05) is 6.61 Å². The van der Waals surface area contributed by atoms with E-state index in [1.54, 1.807) is 51.2 Å². The Bertz CT molecular complexity index is 1140. The summed E-state index contributed by atoms with van der Waals surface area (Å²) in [5.41, 5.74) is -0.807. The van der Waals surface area contributed by atoms with Crippen molar-refractivity contribution in [2.24, 2.45) is 0 Å². The zero-order chi connectivity index (χ0) is 22.6. The first-order valence-electron chi connectivity index (χ1n) is 10.1. The number of aryl methyl sites for hydroxylation is 1. The highest BCUT2D eigenvalue weighted by atomic mass is 35.5. The second-order valence-corrected chi connectivity index (χ2v) is 9.45. The molecule has 1 aliphatic heterocycles. The summed E-state index contributed by atoms with van der Waals surface area (Å²) in [6.45, 7) is 5.62. The minimum atomic E-state index is -4.83. The Hall–Kier alpha value is -2.25. The maximum Gasteiger partial charge on any atom is 0.417 e. The van der Waals surface area contributed by atoms with E-state index >= 15 is 0 Å². The number of benzene rings is 1. The number of halogens is 4. The van der Waals surface area contributed by atoms with E-state index in [4.69, 9.17) is 16.3 Å². The summed E-state index contributed by atoms with van der Waals surface area (Å²) in [4.78, 5) is 7.17. The van der Waals surface area contributed by atoms with Gasteiger partial charge in [-0.1, -0.05) is 25.4 Å². The number of nitrogens with one attached hydrogen (secondary N) is 1. The zero-order valence-electron chi connectivity index (χ0n) is 17.5. The first kappa shape index (κ1) is 22.0. The molecular formula is C23H24ClF3N2O2. The van der Waals surface area contributed by atoms with Gasteiger partial charge in [0.1, 0.15) is 5.75 Å². The maximum absolute atomic E-state index is 14.2. The van der Waals surface area contributed by atoms with Crippen LogP contribution >= 0.6 is 11.6 Å². The van der Waals surface area contributed by atoms with E-state index < -0.39 is 30.0 Å². The molecule has 1 unspecified atom stereocenters. The van der Waals surface area contributed by atoms with Crippen LogP contribution in [0.15, 0.2) is 30.5 Å². The fraction of sp³-hybridized carbons (Fsp3) is 0.435. The number of H-pyrrole nitrogens is 1. The van der Waals surface area contributed by atoms with Crippen molar-refractivity contribution in [3.63, 3.8) is 0 Å². The number of alkyl halides is 3. The fourth-order valence-electron chi connectivity index (χ4n) is 4.46. The van der Waals surface area contributed by atoms with Crippen LogP contribution in [-0.2, 0) is 18.3 Å². The average Bonchev–Trinajstić information content (AvgIpc) is 3.24. The van der Waals surface area contributed by atoms with Crippen LogP contribution < -0.4 is 4.74 Å². The van der Waals surface area contributed by atoms with Gasteiger partial charge in [-0.05, 0) is 48.6 Å². The third-order valence-electron chi connectivity index (χ3n) is 5.92. The number of ether oxygens (including phenoxy) is 1. The zero-order valence-corrected chi connectivity index (χ0v) is 18.3. The van der Waals surface area contributed by atoms with Gasteiger partial charge in [0.25, 0.3) is 0 Å². The predicted octanol–water partition coefficient (Wildman–Crippen LogP) is 5.66. The standard InChI is InChI=1S/C23H24ClF3N2O2/c1-13-6-19-15(11-28-13)8-17(29-19)10-22(30,23(25,26)27)12-21(2,3)18-9-16(24)7-14-4-5-31-20(14)18/h6-9,11,29-30H,4-5,10,12H2,1-3H3. The van der Waals surface area contributed by atoms with Crippen molar-refractivity contribution in [2.45, 2.75) is 57.2 Å². The molecular weight excluding hydrogens is 429 g/mol. The first-order chi connectivity index (χ1) is 14.4. The molecule has 1 aromatic carbocycles. The van der Waals surface area contributed by atoms with Gasteiger partial charge in [0.2, 0.25) is 0 Å². The van der Waals surface area contributed by atoms with Gasteiger partial charge in [0.05, 0.1) is 6.61 Å². The summed E-state index contributed by atoms with van der Waals surface area (Å²) < 4.78 is 48.2. The number of aromatic amines is 1. The highest BCUT2D eigenvalue weighted by Crippen LogP contribution is 2.47. The van der Waals surface area contributed by atoms with Crippen LogP contribution in [0, 0.1) is 6.92 Å². The Morgan fingerprint density at radius 2 is 1.94 bits per heavy atom. The topological polar surface area (TPSA) is 58.1 Å². The summed E-state index contributed by atoms with van der Waals surface area (Å²) in [5, 5.41) is 12.1. The summed E-state index contributed by atoms with van der Waals surface area (Å²) in [6.07, 6.45) is -3.72. The molecule has 0 bridgehead atoms. The Balaban J connectivity index is 1.71. The van der Waals surface area contributed by atoms with Gasteiger partial charge in [-0.3, -0.25) is 4.98 Å². The smallest absolute Gasteiger partial charge is 0.417 e. The summed E-state index contributed by atoms with van der Waals surface area (Å²) >= 11 is 6.23. The largest absolute Gasteiger partial charge is 0.493 e. The van der Waals surface area contributed by atoms with Gasteiger partial charge in [0, 0.05) is 51.9 Å².